The molecule has 1 saturated heterocycles. The van der Waals surface area contributed by atoms with Gasteiger partial charge in [-0.25, -0.2) is 0 Å². The van der Waals surface area contributed by atoms with Gasteiger partial charge < -0.3 is 4.90 Å². The van der Waals surface area contributed by atoms with Gasteiger partial charge >= 0.3 is 0 Å². The summed E-state index contributed by atoms with van der Waals surface area (Å²) in [5, 5.41) is 4.24. The zero-order valence-corrected chi connectivity index (χ0v) is 19.6. The van der Waals surface area contributed by atoms with Crippen molar-refractivity contribution in [2.24, 2.45) is 5.92 Å². The van der Waals surface area contributed by atoms with Crippen molar-refractivity contribution >= 4 is 33.9 Å². The molecule has 0 spiro atoms. The zero-order valence-electron chi connectivity index (χ0n) is 18.8. The van der Waals surface area contributed by atoms with E-state index in [1.54, 1.807) is 0 Å². The van der Waals surface area contributed by atoms with Crippen molar-refractivity contribution in [3.63, 3.8) is 0 Å². The van der Waals surface area contributed by atoms with Crippen LogP contribution in [0.4, 0.5) is 5.69 Å². The number of hydrogen-bond donors (Lipinski definition) is 0. The molecule has 1 saturated carbocycles. The maximum Gasteiger partial charge on any atom is 0.210 e. The normalized spacial score (nSPS) is 22.6. The Labute approximate surface area is 186 Å². The summed E-state index contributed by atoms with van der Waals surface area (Å²) in [4.78, 5) is 2.55. The van der Waals surface area contributed by atoms with Crippen LogP contribution >= 0.6 is 11.8 Å². The van der Waals surface area contributed by atoms with E-state index in [0.29, 0.717) is 0 Å². The molecule has 1 aliphatic carbocycles. The molecule has 0 unspecified atom stereocenters. The molecule has 3 aliphatic rings. The lowest BCUT2D eigenvalue weighted by atomic mass is 9.79. The number of fused-ring (bicyclic) bond motifs is 3. The Bertz CT molecular complexity index is 1010. The SMILES string of the molecule is CCN1CCS/C1=C\C1=[N+](CCC2CCCC2)c2ccc3ccccc3c2C1(C)C. The van der Waals surface area contributed by atoms with E-state index >= 15 is 0 Å². The quantitative estimate of drug-likeness (QED) is 0.497. The maximum atomic E-state index is 2.68. The Balaban J connectivity index is 1.63. The lowest BCUT2D eigenvalue weighted by Crippen LogP contribution is -2.30. The van der Waals surface area contributed by atoms with E-state index in [-0.39, 0.29) is 5.41 Å². The third kappa shape index (κ3) is 3.39. The smallest absolute Gasteiger partial charge is 0.210 e. The first kappa shape index (κ1) is 20.2. The minimum atomic E-state index is 0.0153. The second kappa shape index (κ2) is 8.07. The van der Waals surface area contributed by atoms with Crippen molar-refractivity contribution in [3.8, 4) is 0 Å². The van der Waals surface area contributed by atoms with Gasteiger partial charge in [0.1, 0.15) is 6.54 Å². The second-order valence-corrected chi connectivity index (χ2v) is 10.8. The van der Waals surface area contributed by atoms with Crippen molar-refractivity contribution in [3.05, 3.63) is 53.1 Å². The number of nitrogens with zero attached hydrogens (tertiary/aromatic N) is 2. The number of allylic oxidation sites excluding steroid dienone is 1. The maximum absolute atomic E-state index is 2.68. The molecule has 30 heavy (non-hydrogen) atoms. The molecule has 0 N–H and O–H groups in total. The summed E-state index contributed by atoms with van der Waals surface area (Å²) in [6.07, 6.45) is 9.57. The molecule has 5 rings (SSSR count). The van der Waals surface area contributed by atoms with Crippen molar-refractivity contribution < 1.29 is 4.58 Å². The first-order valence-electron chi connectivity index (χ1n) is 11.9. The van der Waals surface area contributed by atoms with E-state index < -0.39 is 0 Å². The number of rotatable bonds is 5. The molecule has 3 heteroatoms. The van der Waals surface area contributed by atoms with Gasteiger partial charge in [-0.05, 0) is 43.5 Å². The molecule has 2 aromatic carbocycles. The molecule has 0 bridgehead atoms. The average Bonchev–Trinajstić information content (AvgIpc) is 3.47. The summed E-state index contributed by atoms with van der Waals surface area (Å²) in [6.45, 7) is 10.6. The molecule has 2 nitrogen and oxygen atoms in total. The third-order valence-electron chi connectivity index (χ3n) is 7.55. The van der Waals surface area contributed by atoms with Crippen molar-refractivity contribution in [1.29, 1.82) is 0 Å². The van der Waals surface area contributed by atoms with Gasteiger partial charge in [-0.2, -0.15) is 4.58 Å². The van der Waals surface area contributed by atoms with Gasteiger partial charge in [-0.15, -0.1) is 11.8 Å². The van der Waals surface area contributed by atoms with Crippen LogP contribution in [-0.2, 0) is 5.41 Å². The van der Waals surface area contributed by atoms with Crippen LogP contribution in [0, 0.1) is 5.92 Å². The first-order valence-corrected chi connectivity index (χ1v) is 12.8. The minimum absolute atomic E-state index is 0.0153. The van der Waals surface area contributed by atoms with Crippen LogP contribution in [-0.4, -0.2) is 40.6 Å². The minimum Gasteiger partial charge on any atom is -0.366 e. The van der Waals surface area contributed by atoms with Crippen LogP contribution in [0.25, 0.3) is 10.8 Å². The van der Waals surface area contributed by atoms with Crippen LogP contribution in [0.5, 0.6) is 0 Å². The fraction of sp³-hybridized carbons (Fsp3) is 0.519. The molecule has 0 amide bonds. The molecule has 2 aromatic rings. The average molecular weight is 420 g/mol. The summed E-state index contributed by atoms with van der Waals surface area (Å²) in [7, 11) is 0. The van der Waals surface area contributed by atoms with E-state index in [1.165, 1.54) is 77.2 Å². The molecule has 0 atom stereocenters. The molecule has 0 radical (unpaired) electrons. The summed E-state index contributed by atoms with van der Waals surface area (Å²) in [5.74, 6) is 2.13. The van der Waals surface area contributed by atoms with Gasteiger partial charge in [0.15, 0.2) is 5.71 Å². The van der Waals surface area contributed by atoms with Gasteiger partial charge in [0.2, 0.25) is 5.69 Å². The Kier molecular flexibility index (Phi) is 5.43. The van der Waals surface area contributed by atoms with Gasteiger partial charge in [0, 0.05) is 43.0 Å². The lowest BCUT2D eigenvalue weighted by Gasteiger charge is -2.20. The highest BCUT2D eigenvalue weighted by Gasteiger charge is 2.46. The highest BCUT2D eigenvalue weighted by atomic mass is 32.2. The van der Waals surface area contributed by atoms with Crippen LogP contribution in [0.1, 0.15) is 58.4 Å². The third-order valence-corrected chi connectivity index (χ3v) is 8.61. The molecular weight excluding hydrogens is 384 g/mol. The van der Waals surface area contributed by atoms with Gasteiger partial charge in [0.25, 0.3) is 0 Å². The number of benzene rings is 2. The molecule has 0 aromatic heterocycles. The standard InChI is InChI=1S/C27H35N2S/c1-4-28-17-18-30-25(28)19-24-27(2,3)26-22-12-8-7-11-21(22)13-14-23(26)29(24)16-15-20-9-5-6-10-20/h7-8,11-14,19-20H,4-6,9-10,15-18H2,1-3H3/q+1. The summed E-state index contributed by atoms with van der Waals surface area (Å²) >= 11 is 2.03. The highest BCUT2D eigenvalue weighted by Crippen LogP contribution is 2.45. The molecule has 158 valence electrons. The van der Waals surface area contributed by atoms with Gasteiger partial charge in [-0.1, -0.05) is 49.9 Å². The van der Waals surface area contributed by atoms with Gasteiger partial charge in [0.05, 0.1) is 10.4 Å². The monoisotopic (exact) mass is 419 g/mol. The zero-order chi connectivity index (χ0) is 20.7. The topological polar surface area (TPSA) is 6.25 Å². The molecule has 2 fully saturated rings. The van der Waals surface area contributed by atoms with Crippen LogP contribution < -0.4 is 0 Å². The summed E-state index contributed by atoms with van der Waals surface area (Å²) in [6, 6.07) is 13.7. The number of thioether (sulfide) groups is 1. The predicted octanol–water partition coefficient (Wildman–Crippen LogP) is 6.71. The van der Waals surface area contributed by atoms with Gasteiger partial charge in [-0.3, -0.25) is 0 Å². The highest BCUT2D eigenvalue weighted by molar-refractivity contribution is 8.03. The van der Waals surface area contributed by atoms with Crippen LogP contribution in [0.3, 0.4) is 0 Å². The van der Waals surface area contributed by atoms with E-state index in [1.807, 2.05) is 11.8 Å². The van der Waals surface area contributed by atoms with Crippen LogP contribution in [0.2, 0.25) is 0 Å². The van der Waals surface area contributed by atoms with E-state index in [4.69, 9.17) is 0 Å². The largest absolute Gasteiger partial charge is 0.366 e. The fourth-order valence-corrected chi connectivity index (χ4v) is 6.99. The first-order chi connectivity index (χ1) is 14.6. The number of hydrogen-bond acceptors (Lipinski definition) is 2. The Morgan fingerprint density at radius 1 is 1.13 bits per heavy atom. The second-order valence-electron chi connectivity index (χ2n) is 9.69. The molecular formula is C27H35N2S+. The predicted molar refractivity (Wildman–Crippen MR) is 131 cm³/mol. The van der Waals surface area contributed by atoms with Crippen LogP contribution in [0.15, 0.2) is 47.5 Å². The Morgan fingerprint density at radius 2 is 1.93 bits per heavy atom. The lowest BCUT2D eigenvalue weighted by molar-refractivity contribution is -0.439. The summed E-state index contributed by atoms with van der Waals surface area (Å²) in [5.41, 5.74) is 4.47. The fourth-order valence-electron chi connectivity index (χ4n) is 5.87. The Hall–Kier alpha value is -1.74. The van der Waals surface area contributed by atoms with E-state index in [2.05, 4.69) is 72.7 Å². The van der Waals surface area contributed by atoms with Crippen molar-refractivity contribution in [2.75, 3.05) is 25.4 Å². The Morgan fingerprint density at radius 3 is 2.73 bits per heavy atom. The summed E-state index contributed by atoms with van der Waals surface area (Å²) < 4.78 is 2.68. The van der Waals surface area contributed by atoms with Crippen molar-refractivity contribution in [2.45, 2.75) is 58.3 Å². The molecule has 2 heterocycles. The van der Waals surface area contributed by atoms with Crippen molar-refractivity contribution in [1.82, 2.24) is 4.90 Å². The van der Waals surface area contributed by atoms with E-state index in [0.717, 1.165) is 19.0 Å². The molecule has 2 aliphatic heterocycles. The van der Waals surface area contributed by atoms with E-state index in [9.17, 15) is 0 Å².